The fourth-order valence-electron chi connectivity index (χ4n) is 4.65. The van der Waals surface area contributed by atoms with E-state index in [4.69, 9.17) is 44.6 Å². The average molecular weight is 843 g/mol. The molecule has 0 aromatic heterocycles. The smallest absolute Gasteiger partial charge is 0.621 e. The van der Waals surface area contributed by atoms with Gasteiger partial charge in [-0.15, -0.1) is 37.1 Å². The molecule has 51 heavy (non-hydrogen) atoms. The number of terminal acetylenes is 4. The summed E-state index contributed by atoms with van der Waals surface area (Å²) in [5.41, 5.74) is 4.25. The van der Waals surface area contributed by atoms with E-state index in [0.29, 0.717) is 56.9 Å². The van der Waals surface area contributed by atoms with E-state index >= 15 is 0 Å². The van der Waals surface area contributed by atoms with Crippen LogP contribution in [0.5, 0.6) is 23.0 Å². The molecule has 6 rings (SSSR count). The van der Waals surface area contributed by atoms with E-state index in [2.05, 4.69) is 44.3 Å². The van der Waals surface area contributed by atoms with Gasteiger partial charge in [0.25, 0.3) is 0 Å². The zero-order valence-electron chi connectivity index (χ0n) is 26.9. The van der Waals surface area contributed by atoms with Gasteiger partial charge in [-0.2, -0.15) is 0 Å². The minimum atomic E-state index is -0.375. The van der Waals surface area contributed by atoms with Gasteiger partial charge in [0.1, 0.15) is 38.2 Å². The van der Waals surface area contributed by atoms with E-state index in [1.807, 2.05) is 36.4 Å². The van der Waals surface area contributed by atoms with E-state index in [9.17, 15) is 9.59 Å². The number of ether oxygens (including phenoxy) is 4. The van der Waals surface area contributed by atoms with Gasteiger partial charge in [-0.05, 0) is 35.4 Å². The van der Waals surface area contributed by atoms with Gasteiger partial charge in [0, 0.05) is 12.1 Å². The molecular formula is C40H26N4O6W. The molecule has 0 saturated heterocycles. The summed E-state index contributed by atoms with van der Waals surface area (Å²) in [4.78, 5) is 33.0. The molecule has 0 atom stereocenters. The molecule has 2 aliphatic rings. The van der Waals surface area contributed by atoms with Crippen LogP contribution in [0, 0.1) is 49.4 Å². The fourth-order valence-corrected chi connectivity index (χ4v) is 4.65. The molecule has 2 heterocycles. The Kier molecular flexibility index (Phi) is 13.2. The number of nitrogens with zero attached hydrogens (tertiary/aromatic N) is 4. The van der Waals surface area contributed by atoms with Gasteiger partial charge in [-0.1, -0.05) is 72.2 Å². The fraction of sp³-hybridized carbons (Fsp3) is 0.100. The Hall–Kier alpha value is -6.71. The Morgan fingerprint density at radius 1 is 0.510 bits per heavy atom. The van der Waals surface area contributed by atoms with Gasteiger partial charge in [0.05, 0.1) is 22.8 Å². The van der Waals surface area contributed by atoms with Gasteiger partial charge in [-0.25, -0.2) is 9.98 Å². The second kappa shape index (κ2) is 18.2. The Morgan fingerprint density at radius 3 is 1.24 bits per heavy atom. The molecule has 0 aliphatic carbocycles. The second-order valence-electron chi connectivity index (χ2n) is 10.0. The van der Waals surface area contributed by atoms with Crippen LogP contribution in [0.15, 0.2) is 94.9 Å². The molecule has 4 aromatic carbocycles. The van der Waals surface area contributed by atoms with Crippen molar-refractivity contribution in [2.24, 2.45) is 9.98 Å². The minimum Gasteiger partial charge on any atom is -0.621 e. The molecule has 248 valence electrons. The van der Waals surface area contributed by atoms with Crippen LogP contribution in [0.2, 0.25) is 0 Å². The van der Waals surface area contributed by atoms with E-state index in [-0.39, 0.29) is 70.7 Å². The maximum Gasteiger partial charge on any atom is 2.00 e. The number of amides is 2. The first-order chi connectivity index (χ1) is 24.4. The zero-order valence-corrected chi connectivity index (χ0v) is 29.8. The second-order valence-corrected chi connectivity index (χ2v) is 10.0. The third-order valence-electron chi connectivity index (χ3n) is 6.75. The van der Waals surface area contributed by atoms with Crippen molar-refractivity contribution in [3.05, 3.63) is 107 Å². The van der Waals surface area contributed by atoms with Gasteiger partial charge in [-0.3, -0.25) is 0 Å². The monoisotopic (exact) mass is 842 g/mol. The third kappa shape index (κ3) is 9.26. The molecule has 0 spiro atoms. The number of benzene rings is 4. The van der Waals surface area contributed by atoms with Crippen LogP contribution < -0.4 is 18.9 Å². The molecule has 4 aromatic rings. The van der Waals surface area contributed by atoms with Crippen molar-refractivity contribution >= 4 is 46.0 Å². The van der Waals surface area contributed by atoms with Crippen molar-refractivity contribution in [3.8, 4) is 72.4 Å². The Morgan fingerprint density at radius 2 is 0.863 bits per heavy atom. The molecule has 0 radical (unpaired) electrons. The Labute approximate surface area is 309 Å². The first kappa shape index (κ1) is 37.1. The number of carbonyl (C=O) groups excluding carboxylic acids is 2. The number of hydrogen-bond donors (Lipinski definition) is 0. The van der Waals surface area contributed by atoms with Crippen LogP contribution in [0.1, 0.15) is 11.1 Å². The summed E-state index contributed by atoms with van der Waals surface area (Å²) >= 11 is 0. The molecule has 0 bridgehead atoms. The Balaban J connectivity index is 0.000000224. The van der Waals surface area contributed by atoms with Gasteiger partial charge in [0.2, 0.25) is 0 Å². The number of fused-ring (bicyclic) bond motifs is 2. The molecule has 0 unspecified atom stereocenters. The van der Waals surface area contributed by atoms with Crippen molar-refractivity contribution in [2.45, 2.75) is 0 Å². The number of para-hydroxylation sites is 2. The van der Waals surface area contributed by atoms with Crippen LogP contribution in [0.3, 0.4) is 0 Å². The first-order valence-electron chi connectivity index (χ1n) is 14.9. The van der Waals surface area contributed by atoms with Gasteiger partial charge in [0.15, 0.2) is 23.0 Å². The normalized spacial score (nSPS) is 13.3. The van der Waals surface area contributed by atoms with E-state index in [1.165, 1.54) is 0 Å². The third-order valence-corrected chi connectivity index (χ3v) is 6.75. The topological polar surface area (TPSA) is 124 Å². The molecule has 0 N–H and O–H groups in total. The van der Waals surface area contributed by atoms with Crippen molar-refractivity contribution in [2.75, 3.05) is 26.4 Å². The SMILES string of the molecule is C#CCOc1ccc(N=C2C(=O)[N-]c3ccccc32)cc1OCC#C.C#CCOc1ccc(N=C2C(=O)[N-]c3ccccc32)cc1OCC#C.[W+2]. The zero-order chi connectivity index (χ0) is 35.3. The minimum absolute atomic E-state index is 0. The maximum absolute atomic E-state index is 12.1. The van der Waals surface area contributed by atoms with Crippen molar-refractivity contribution in [3.63, 3.8) is 0 Å². The summed E-state index contributed by atoms with van der Waals surface area (Å²) in [6.07, 6.45) is 20.9. The van der Waals surface area contributed by atoms with Crippen molar-refractivity contribution < 1.29 is 49.6 Å². The number of carbonyl (C=O) groups is 2. The summed E-state index contributed by atoms with van der Waals surface area (Å²) in [7, 11) is 0. The summed E-state index contributed by atoms with van der Waals surface area (Å²) in [6.45, 7) is 0.350. The largest absolute Gasteiger partial charge is 2.00 e. The molecule has 10 nitrogen and oxygen atoms in total. The van der Waals surface area contributed by atoms with Crippen LogP contribution >= 0.6 is 0 Å². The van der Waals surface area contributed by atoms with Gasteiger partial charge >= 0.3 is 21.1 Å². The molecule has 0 fully saturated rings. The van der Waals surface area contributed by atoms with E-state index in [0.717, 1.165) is 0 Å². The average Bonchev–Trinajstić information content (AvgIpc) is 3.63. The molecule has 0 saturated carbocycles. The van der Waals surface area contributed by atoms with Crippen LogP contribution in [-0.2, 0) is 30.7 Å². The summed E-state index contributed by atoms with van der Waals surface area (Å²) in [6, 6.07) is 24.5. The van der Waals surface area contributed by atoms with Crippen LogP contribution in [0.4, 0.5) is 22.7 Å². The molecular weight excluding hydrogens is 816 g/mol. The number of hydrogen-bond acceptors (Lipinski definition) is 8. The van der Waals surface area contributed by atoms with Crippen LogP contribution in [-0.4, -0.2) is 49.7 Å². The maximum atomic E-state index is 12.1. The molecule has 2 amide bonds. The van der Waals surface area contributed by atoms with E-state index < -0.39 is 0 Å². The predicted molar refractivity (Wildman–Crippen MR) is 192 cm³/mol. The number of rotatable bonds is 10. The summed E-state index contributed by atoms with van der Waals surface area (Å²) in [5.74, 6) is 10.5. The molecule has 11 heteroatoms. The summed E-state index contributed by atoms with van der Waals surface area (Å²) in [5, 5.41) is 7.97. The Bertz CT molecular complexity index is 2030. The summed E-state index contributed by atoms with van der Waals surface area (Å²) < 4.78 is 21.8. The molecule has 2 aliphatic heterocycles. The van der Waals surface area contributed by atoms with E-state index in [1.54, 1.807) is 48.5 Å². The van der Waals surface area contributed by atoms with Crippen molar-refractivity contribution in [1.82, 2.24) is 0 Å². The number of aliphatic imine (C=N–C) groups is 2. The first-order valence-corrected chi connectivity index (χ1v) is 14.9. The van der Waals surface area contributed by atoms with Crippen LogP contribution in [0.25, 0.3) is 10.6 Å². The quantitative estimate of drug-likeness (QED) is 0.163. The van der Waals surface area contributed by atoms with Gasteiger partial charge < -0.3 is 39.2 Å². The standard InChI is InChI=1S/2C20H14N2O3.W/c2*1-3-11-24-17-10-9-14(13-18(17)25-12-4-2)21-19-15-7-5-6-8-16(15)22-20(19)23;/h2*1-2,5-10,13H,11-12H2,(H,21,22,23);/q;;+2/p-2. The predicted octanol–water partition coefficient (Wildman–Crippen LogP) is 6.75. The van der Waals surface area contributed by atoms with Crippen molar-refractivity contribution in [1.29, 1.82) is 0 Å².